The van der Waals surface area contributed by atoms with Crippen LogP contribution in [0.1, 0.15) is 38.1 Å². The summed E-state index contributed by atoms with van der Waals surface area (Å²) in [7, 11) is -3.46. The number of hydrogen-bond donors (Lipinski definition) is 1. The molecular weight excluding hydrogens is 462 g/mol. The summed E-state index contributed by atoms with van der Waals surface area (Å²) in [5.41, 5.74) is 3.06. The molecule has 1 aliphatic heterocycles. The van der Waals surface area contributed by atoms with Gasteiger partial charge in [0, 0.05) is 25.2 Å². The van der Waals surface area contributed by atoms with Crippen molar-refractivity contribution in [3.8, 4) is 0 Å². The van der Waals surface area contributed by atoms with Crippen molar-refractivity contribution in [2.75, 3.05) is 18.4 Å². The topological polar surface area (TPSA) is 106 Å². The van der Waals surface area contributed by atoms with Gasteiger partial charge in [-0.1, -0.05) is 49.4 Å². The normalized spacial score (nSPS) is 14.7. The van der Waals surface area contributed by atoms with Gasteiger partial charge in [-0.25, -0.2) is 23.1 Å². The van der Waals surface area contributed by atoms with E-state index in [2.05, 4.69) is 29.5 Å². The molecule has 0 atom stereocenters. The van der Waals surface area contributed by atoms with E-state index in [1.54, 1.807) is 33.3 Å². The fourth-order valence-electron chi connectivity index (χ4n) is 4.23. The summed E-state index contributed by atoms with van der Waals surface area (Å²) in [5, 5.41) is 12.0. The van der Waals surface area contributed by atoms with Gasteiger partial charge in [0.15, 0.2) is 17.0 Å². The summed E-state index contributed by atoms with van der Waals surface area (Å²) >= 11 is 0. The van der Waals surface area contributed by atoms with E-state index in [1.165, 1.54) is 0 Å². The van der Waals surface area contributed by atoms with Crippen molar-refractivity contribution < 1.29 is 8.42 Å². The van der Waals surface area contributed by atoms with Crippen LogP contribution < -0.4 is 5.32 Å². The van der Waals surface area contributed by atoms with Gasteiger partial charge in [0.2, 0.25) is 10.0 Å². The van der Waals surface area contributed by atoms with Gasteiger partial charge in [-0.15, -0.1) is 5.10 Å². The lowest BCUT2D eigenvalue weighted by Crippen LogP contribution is -2.27. The van der Waals surface area contributed by atoms with Crippen LogP contribution in [0.3, 0.4) is 0 Å². The van der Waals surface area contributed by atoms with Crippen LogP contribution >= 0.6 is 0 Å². The Morgan fingerprint density at radius 1 is 0.971 bits per heavy atom. The average Bonchev–Trinajstić information content (AvgIpc) is 3.51. The maximum absolute atomic E-state index is 12.8. The van der Waals surface area contributed by atoms with E-state index in [0.29, 0.717) is 59.7 Å². The SMILES string of the molecule is CC(C)Cc1nc(Nc2ccc(S(=O)(=O)N3CCCC3)cc2)c2nnn(Cc3ccccc3)c2n1. The number of aromatic nitrogens is 5. The third-order valence-corrected chi connectivity index (χ3v) is 7.91. The first-order valence-corrected chi connectivity index (χ1v) is 13.4. The smallest absolute Gasteiger partial charge is 0.243 e. The fraction of sp³-hybridized carbons (Fsp3) is 0.360. The summed E-state index contributed by atoms with van der Waals surface area (Å²) < 4.78 is 29.0. The number of anilines is 2. The molecule has 0 bridgehead atoms. The molecular formula is C25H29N7O2S. The molecule has 9 nitrogen and oxygen atoms in total. The molecule has 3 heterocycles. The lowest BCUT2D eigenvalue weighted by molar-refractivity contribution is 0.477. The molecule has 0 radical (unpaired) electrons. The quantitative estimate of drug-likeness (QED) is 0.397. The zero-order chi connectivity index (χ0) is 24.4. The molecule has 2 aromatic heterocycles. The summed E-state index contributed by atoms with van der Waals surface area (Å²) in [6, 6.07) is 16.8. The first-order valence-electron chi connectivity index (χ1n) is 11.9. The molecule has 5 rings (SSSR count). The van der Waals surface area contributed by atoms with E-state index in [4.69, 9.17) is 9.97 Å². The summed E-state index contributed by atoms with van der Waals surface area (Å²) in [6.45, 7) is 5.97. The van der Waals surface area contributed by atoms with Crippen molar-refractivity contribution in [3.05, 3.63) is 66.0 Å². The Balaban J connectivity index is 1.46. The van der Waals surface area contributed by atoms with Crippen molar-refractivity contribution in [1.82, 2.24) is 29.3 Å². The third kappa shape index (κ3) is 5.03. The molecule has 2 aromatic carbocycles. The Morgan fingerprint density at radius 2 is 1.69 bits per heavy atom. The van der Waals surface area contributed by atoms with E-state index < -0.39 is 10.0 Å². The average molecular weight is 492 g/mol. The molecule has 35 heavy (non-hydrogen) atoms. The largest absolute Gasteiger partial charge is 0.338 e. The van der Waals surface area contributed by atoms with Crippen molar-refractivity contribution in [3.63, 3.8) is 0 Å². The number of nitrogens with one attached hydrogen (secondary N) is 1. The summed E-state index contributed by atoms with van der Waals surface area (Å²) in [5.74, 6) is 1.65. The van der Waals surface area contributed by atoms with E-state index in [9.17, 15) is 8.42 Å². The molecule has 1 fully saturated rings. The second-order valence-corrected chi connectivity index (χ2v) is 11.2. The minimum absolute atomic E-state index is 0.298. The van der Waals surface area contributed by atoms with Crippen LogP contribution in [0.5, 0.6) is 0 Å². The molecule has 0 amide bonds. The second-order valence-electron chi connectivity index (χ2n) is 9.25. The molecule has 0 unspecified atom stereocenters. The van der Waals surface area contributed by atoms with E-state index in [1.807, 2.05) is 30.3 Å². The third-order valence-electron chi connectivity index (χ3n) is 5.99. The lowest BCUT2D eigenvalue weighted by atomic mass is 10.1. The van der Waals surface area contributed by atoms with Crippen LogP contribution in [0.4, 0.5) is 11.5 Å². The molecule has 10 heteroatoms. The lowest BCUT2D eigenvalue weighted by Gasteiger charge is -2.16. The number of rotatable bonds is 8. The second kappa shape index (κ2) is 9.71. The van der Waals surface area contributed by atoms with Gasteiger partial charge in [-0.05, 0) is 48.6 Å². The van der Waals surface area contributed by atoms with Gasteiger partial charge in [0.1, 0.15) is 5.82 Å². The molecule has 0 aliphatic carbocycles. The van der Waals surface area contributed by atoms with Crippen LogP contribution in [0.25, 0.3) is 11.2 Å². The van der Waals surface area contributed by atoms with Crippen molar-refractivity contribution in [2.24, 2.45) is 5.92 Å². The molecule has 1 saturated heterocycles. The van der Waals surface area contributed by atoms with Gasteiger partial charge in [-0.2, -0.15) is 4.31 Å². The highest BCUT2D eigenvalue weighted by Crippen LogP contribution is 2.26. The van der Waals surface area contributed by atoms with Gasteiger partial charge in [0.05, 0.1) is 11.4 Å². The van der Waals surface area contributed by atoms with E-state index >= 15 is 0 Å². The maximum atomic E-state index is 12.8. The number of hydrogen-bond acceptors (Lipinski definition) is 7. The Morgan fingerprint density at radius 3 is 2.37 bits per heavy atom. The molecule has 0 spiro atoms. The highest BCUT2D eigenvalue weighted by Gasteiger charge is 2.27. The number of benzene rings is 2. The summed E-state index contributed by atoms with van der Waals surface area (Å²) in [4.78, 5) is 9.79. The Hall–Kier alpha value is -3.37. The highest BCUT2D eigenvalue weighted by atomic mass is 32.2. The molecule has 1 N–H and O–H groups in total. The first kappa shape index (κ1) is 23.4. The number of fused-ring (bicyclic) bond motifs is 1. The molecule has 0 saturated carbocycles. The maximum Gasteiger partial charge on any atom is 0.243 e. The van der Waals surface area contributed by atoms with Crippen LogP contribution in [0.2, 0.25) is 0 Å². The van der Waals surface area contributed by atoms with Crippen LogP contribution in [-0.2, 0) is 23.0 Å². The summed E-state index contributed by atoms with van der Waals surface area (Å²) in [6.07, 6.45) is 2.53. The number of sulfonamides is 1. The Labute approximate surface area is 205 Å². The Kier molecular flexibility index (Phi) is 6.48. The molecule has 182 valence electrons. The van der Waals surface area contributed by atoms with Crippen molar-refractivity contribution in [1.29, 1.82) is 0 Å². The Bertz CT molecular complexity index is 1410. The monoisotopic (exact) mass is 491 g/mol. The number of nitrogens with zero attached hydrogens (tertiary/aromatic N) is 6. The molecule has 1 aliphatic rings. The van der Waals surface area contributed by atoms with Gasteiger partial charge in [0.25, 0.3) is 0 Å². The van der Waals surface area contributed by atoms with Crippen LogP contribution in [0.15, 0.2) is 59.5 Å². The predicted molar refractivity (Wildman–Crippen MR) is 135 cm³/mol. The zero-order valence-electron chi connectivity index (χ0n) is 19.9. The predicted octanol–water partition coefficient (Wildman–Crippen LogP) is 4.00. The zero-order valence-corrected chi connectivity index (χ0v) is 20.7. The minimum Gasteiger partial charge on any atom is -0.338 e. The molecule has 4 aromatic rings. The highest BCUT2D eigenvalue weighted by molar-refractivity contribution is 7.89. The van der Waals surface area contributed by atoms with E-state index in [0.717, 1.165) is 24.1 Å². The van der Waals surface area contributed by atoms with Crippen molar-refractivity contribution in [2.45, 2.75) is 44.6 Å². The van der Waals surface area contributed by atoms with Crippen LogP contribution in [-0.4, -0.2) is 50.8 Å². The minimum atomic E-state index is -3.46. The van der Waals surface area contributed by atoms with Crippen molar-refractivity contribution >= 4 is 32.7 Å². The standard InChI is InChI=1S/C25H29N7O2S/c1-18(2)16-22-27-24(23-25(28-22)32(30-29-23)17-19-8-4-3-5-9-19)26-20-10-12-21(13-11-20)35(33,34)31-14-6-7-15-31/h3-5,8-13,18H,6-7,14-17H2,1-2H3,(H,26,27,28). The fourth-order valence-corrected chi connectivity index (χ4v) is 5.75. The van der Waals surface area contributed by atoms with Gasteiger partial charge >= 0.3 is 0 Å². The van der Waals surface area contributed by atoms with Gasteiger partial charge in [-0.3, -0.25) is 0 Å². The van der Waals surface area contributed by atoms with E-state index in [-0.39, 0.29) is 0 Å². The van der Waals surface area contributed by atoms with Crippen LogP contribution in [0, 0.1) is 5.92 Å². The first-order chi connectivity index (χ1) is 16.9. The van der Waals surface area contributed by atoms with Gasteiger partial charge < -0.3 is 5.32 Å².